The van der Waals surface area contributed by atoms with Crippen molar-refractivity contribution >= 4 is 5.78 Å². The first-order valence-electron chi connectivity index (χ1n) is 7.53. The lowest BCUT2D eigenvalue weighted by atomic mass is 10.0. The minimum atomic E-state index is -0.481. The van der Waals surface area contributed by atoms with Crippen LogP contribution in [0.3, 0.4) is 0 Å². The van der Waals surface area contributed by atoms with Crippen LogP contribution in [0.2, 0.25) is 0 Å². The molecule has 0 radical (unpaired) electrons. The van der Waals surface area contributed by atoms with E-state index in [2.05, 4.69) is 13.8 Å². The molecule has 1 atom stereocenters. The van der Waals surface area contributed by atoms with Crippen molar-refractivity contribution in [1.82, 2.24) is 0 Å². The average molecular weight is 282 g/mol. The maximum absolute atomic E-state index is 12.4. The highest BCUT2D eigenvalue weighted by Crippen LogP contribution is 2.21. The summed E-state index contributed by atoms with van der Waals surface area (Å²) in [6.45, 7) is 5.99. The van der Waals surface area contributed by atoms with Crippen molar-refractivity contribution in [3.05, 3.63) is 65.2 Å². The number of carbonyl (C=O) groups excluding carboxylic acids is 1. The van der Waals surface area contributed by atoms with Crippen molar-refractivity contribution in [3.8, 4) is 5.75 Å². The molecule has 0 bridgehead atoms. The van der Waals surface area contributed by atoms with Crippen LogP contribution in [0, 0.1) is 0 Å². The third-order valence-electron chi connectivity index (χ3n) is 3.67. The Balaban J connectivity index is 2.11. The number of Topliss-reactive ketones (excluding diaryl/α,β-unsaturated/α-hetero) is 1. The van der Waals surface area contributed by atoms with Gasteiger partial charge in [-0.2, -0.15) is 0 Å². The second kappa shape index (κ2) is 7.07. The lowest BCUT2D eigenvalue weighted by Gasteiger charge is -2.16. The fourth-order valence-corrected chi connectivity index (χ4v) is 2.29. The average Bonchev–Trinajstić information content (AvgIpc) is 2.54. The molecule has 2 aromatic carbocycles. The number of benzene rings is 2. The third-order valence-corrected chi connectivity index (χ3v) is 3.67. The van der Waals surface area contributed by atoms with E-state index in [1.54, 1.807) is 0 Å². The van der Waals surface area contributed by atoms with Crippen LogP contribution in [0.15, 0.2) is 48.5 Å². The highest BCUT2D eigenvalue weighted by atomic mass is 16.5. The van der Waals surface area contributed by atoms with Gasteiger partial charge in [-0.15, -0.1) is 0 Å². The zero-order valence-electron chi connectivity index (χ0n) is 12.9. The van der Waals surface area contributed by atoms with Crippen LogP contribution < -0.4 is 4.74 Å². The molecule has 0 aliphatic rings. The maximum Gasteiger partial charge on any atom is 0.202 e. The van der Waals surface area contributed by atoms with E-state index in [0.717, 1.165) is 24.2 Å². The Morgan fingerprint density at radius 2 is 1.67 bits per heavy atom. The molecule has 0 aliphatic heterocycles. The van der Waals surface area contributed by atoms with E-state index in [1.165, 1.54) is 5.56 Å². The van der Waals surface area contributed by atoms with Crippen LogP contribution in [0.1, 0.15) is 42.3 Å². The first-order chi connectivity index (χ1) is 10.2. The second-order valence-corrected chi connectivity index (χ2v) is 5.14. The zero-order chi connectivity index (χ0) is 15.2. The number of ether oxygens (including phenoxy) is 1. The Labute approximate surface area is 126 Å². The Morgan fingerprint density at radius 1 is 1.00 bits per heavy atom. The summed E-state index contributed by atoms with van der Waals surface area (Å²) >= 11 is 0. The van der Waals surface area contributed by atoms with Gasteiger partial charge < -0.3 is 4.74 Å². The number of hydrogen-bond acceptors (Lipinski definition) is 2. The van der Waals surface area contributed by atoms with Gasteiger partial charge in [0.25, 0.3) is 0 Å². The van der Waals surface area contributed by atoms with Gasteiger partial charge in [0.15, 0.2) is 6.10 Å². The standard InChI is InChI=1S/C19H22O2/c1-4-15-10-12-17(13-11-15)19(20)14(3)21-18-9-7-6-8-16(18)5-2/h6-14H,4-5H2,1-3H3. The van der Waals surface area contributed by atoms with Crippen LogP contribution in [0.25, 0.3) is 0 Å². The van der Waals surface area contributed by atoms with E-state index < -0.39 is 6.10 Å². The van der Waals surface area contributed by atoms with Gasteiger partial charge in [0.05, 0.1) is 0 Å². The van der Waals surface area contributed by atoms with Gasteiger partial charge in [-0.25, -0.2) is 0 Å². The van der Waals surface area contributed by atoms with Crippen molar-refractivity contribution in [2.24, 2.45) is 0 Å². The molecule has 0 fully saturated rings. The van der Waals surface area contributed by atoms with E-state index in [-0.39, 0.29) is 5.78 Å². The van der Waals surface area contributed by atoms with Crippen molar-refractivity contribution in [1.29, 1.82) is 0 Å². The van der Waals surface area contributed by atoms with E-state index in [9.17, 15) is 4.79 Å². The maximum atomic E-state index is 12.4. The molecule has 1 unspecified atom stereocenters. The van der Waals surface area contributed by atoms with Gasteiger partial charge in [0.2, 0.25) is 5.78 Å². The van der Waals surface area contributed by atoms with Crippen LogP contribution in [-0.2, 0) is 12.8 Å². The molecule has 0 saturated carbocycles. The van der Waals surface area contributed by atoms with Gasteiger partial charge >= 0.3 is 0 Å². The molecule has 2 nitrogen and oxygen atoms in total. The number of rotatable bonds is 6. The Kier molecular flexibility index (Phi) is 5.15. The minimum absolute atomic E-state index is 0.0172. The lowest BCUT2D eigenvalue weighted by molar-refractivity contribution is 0.0817. The molecule has 2 rings (SSSR count). The lowest BCUT2D eigenvalue weighted by Crippen LogP contribution is -2.24. The Hall–Kier alpha value is -2.09. The zero-order valence-corrected chi connectivity index (χ0v) is 12.9. The van der Waals surface area contributed by atoms with Crippen molar-refractivity contribution in [2.75, 3.05) is 0 Å². The molecule has 0 aromatic heterocycles. The summed E-state index contributed by atoms with van der Waals surface area (Å²) in [5, 5.41) is 0. The first-order valence-corrected chi connectivity index (χ1v) is 7.53. The van der Waals surface area contributed by atoms with Crippen LogP contribution in [0.5, 0.6) is 5.75 Å². The molecule has 0 saturated heterocycles. The molecule has 110 valence electrons. The van der Waals surface area contributed by atoms with Crippen LogP contribution in [-0.4, -0.2) is 11.9 Å². The second-order valence-electron chi connectivity index (χ2n) is 5.14. The molecule has 0 aliphatic carbocycles. The summed E-state index contributed by atoms with van der Waals surface area (Å²) in [7, 11) is 0. The predicted octanol–water partition coefficient (Wildman–Crippen LogP) is 4.46. The molecule has 0 spiro atoms. The summed E-state index contributed by atoms with van der Waals surface area (Å²) < 4.78 is 5.86. The van der Waals surface area contributed by atoms with E-state index in [0.29, 0.717) is 5.56 Å². The quantitative estimate of drug-likeness (QED) is 0.731. The Bertz CT molecular complexity index is 599. The number of para-hydroxylation sites is 1. The molecule has 0 amide bonds. The van der Waals surface area contributed by atoms with Gasteiger partial charge in [0, 0.05) is 5.56 Å². The fourth-order valence-electron chi connectivity index (χ4n) is 2.29. The third kappa shape index (κ3) is 3.72. The van der Waals surface area contributed by atoms with E-state index >= 15 is 0 Å². The summed E-state index contributed by atoms with van der Waals surface area (Å²) in [5.41, 5.74) is 3.06. The largest absolute Gasteiger partial charge is 0.482 e. The summed E-state index contributed by atoms with van der Waals surface area (Å²) in [6.07, 6.45) is 1.39. The van der Waals surface area contributed by atoms with E-state index in [1.807, 2.05) is 55.5 Å². The Morgan fingerprint density at radius 3 is 2.29 bits per heavy atom. The SMILES string of the molecule is CCc1ccc(C(=O)C(C)Oc2ccccc2CC)cc1. The summed E-state index contributed by atoms with van der Waals surface area (Å²) in [4.78, 5) is 12.4. The number of hydrogen-bond donors (Lipinski definition) is 0. The highest BCUT2D eigenvalue weighted by Gasteiger charge is 2.17. The van der Waals surface area contributed by atoms with E-state index in [4.69, 9.17) is 4.74 Å². The van der Waals surface area contributed by atoms with Crippen molar-refractivity contribution in [2.45, 2.75) is 39.7 Å². The minimum Gasteiger partial charge on any atom is -0.482 e. The van der Waals surface area contributed by atoms with Crippen molar-refractivity contribution < 1.29 is 9.53 Å². The van der Waals surface area contributed by atoms with Gasteiger partial charge in [0.1, 0.15) is 5.75 Å². The molecule has 21 heavy (non-hydrogen) atoms. The molecular weight excluding hydrogens is 260 g/mol. The van der Waals surface area contributed by atoms with Crippen LogP contribution >= 0.6 is 0 Å². The first kappa shape index (κ1) is 15.3. The monoisotopic (exact) mass is 282 g/mol. The molecule has 0 heterocycles. The number of carbonyl (C=O) groups is 1. The smallest absolute Gasteiger partial charge is 0.202 e. The van der Waals surface area contributed by atoms with Gasteiger partial charge in [-0.05, 0) is 37.0 Å². The summed E-state index contributed by atoms with van der Waals surface area (Å²) in [5.74, 6) is 0.814. The normalized spacial score (nSPS) is 12.0. The van der Waals surface area contributed by atoms with Crippen LogP contribution in [0.4, 0.5) is 0 Å². The highest BCUT2D eigenvalue weighted by molar-refractivity contribution is 5.99. The van der Waals surface area contributed by atoms with Gasteiger partial charge in [-0.3, -0.25) is 4.79 Å². The summed E-state index contributed by atoms with van der Waals surface area (Å²) in [6, 6.07) is 15.6. The molecule has 2 heteroatoms. The molecular formula is C19H22O2. The number of ketones is 1. The fraction of sp³-hybridized carbons (Fsp3) is 0.316. The number of aryl methyl sites for hydroxylation is 2. The van der Waals surface area contributed by atoms with Gasteiger partial charge in [-0.1, -0.05) is 56.3 Å². The molecule has 0 N–H and O–H groups in total. The molecule has 2 aromatic rings. The topological polar surface area (TPSA) is 26.3 Å². The van der Waals surface area contributed by atoms with Crippen molar-refractivity contribution in [3.63, 3.8) is 0 Å². The predicted molar refractivity (Wildman–Crippen MR) is 86.1 cm³/mol.